The van der Waals surface area contributed by atoms with Crippen LogP contribution in [0.3, 0.4) is 0 Å². The van der Waals surface area contributed by atoms with E-state index >= 15 is 0 Å². The quantitative estimate of drug-likeness (QED) is 0.642. The average molecular weight is 164 g/mol. The number of hydrogen-bond donors (Lipinski definition) is 1. The summed E-state index contributed by atoms with van der Waals surface area (Å²) < 4.78 is 0. The van der Waals surface area contributed by atoms with Gasteiger partial charge in [-0.15, -0.1) is 0 Å². The third-order valence-corrected chi connectivity index (χ3v) is 1.12. The Hall–Kier alpha value is -1.40. The van der Waals surface area contributed by atoms with Gasteiger partial charge < -0.3 is 5.11 Å². The molecule has 0 fully saturated rings. The molecule has 1 heterocycles. The summed E-state index contributed by atoms with van der Waals surface area (Å²) in [5, 5.41) is 17.2. The fourth-order valence-corrected chi connectivity index (χ4v) is 0.612. The Kier molecular flexibility index (Phi) is 5.58. The average Bonchev–Trinajstić information content (AvgIpc) is 2.21. The molecule has 1 aromatic rings. The maximum atomic E-state index is 8.93. The predicted octanol–water partition coefficient (Wildman–Crippen LogP) is 1.66. The van der Waals surface area contributed by atoms with Crippen LogP contribution >= 0.6 is 0 Å². The number of aromatic nitrogens is 1. The lowest BCUT2D eigenvalue weighted by Crippen LogP contribution is -1.92. The van der Waals surface area contributed by atoms with Crippen LogP contribution < -0.4 is 0 Å². The molecule has 1 atom stereocenters. The smallest absolute Gasteiger partial charge is 0.167 e. The minimum Gasteiger partial charge on any atom is -0.374 e. The van der Waals surface area contributed by atoms with Crippen LogP contribution in [-0.2, 0) is 0 Å². The van der Waals surface area contributed by atoms with Gasteiger partial charge in [0, 0.05) is 18.0 Å². The first-order valence-corrected chi connectivity index (χ1v) is 3.82. The highest BCUT2D eigenvalue weighted by Gasteiger charge is 2.02. The molecule has 0 aliphatic heterocycles. The van der Waals surface area contributed by atoms with Crippen molar-refractivity contribution in [1.29, 1.82) is 5.26 Å². The first-order valence-electron chi connectivity index (χ1n) is 3.82. The predicted molar refractivity (Wildman–Crippen MR) is 46.2 cm³/mol. The van der Waals surface area contributed by atoms with E-state index in [1.807, 2.05) is 13.8 Å². The number of aliphatic hydroxyl groups is 1. The van der Waals surface area contributed by atoms with Crippen LogP contribution in [0.2, 0.25) is 0 Å². The molecule has 0 radical (unpaired) electrons. The summed E-state index contributed by atoms with van der Waals surface area (Å²) in [7, 11) is 0. The maximum absolute atomic E-state index is 8.93. The lowest BCUT2D eigenvalue weighted by Gasteiger charge is -1.97. The van der Waals surface area contributed by atoms with Crippen LogP contribution in [0.15, 0.2) is 24.5 Å². The lowest BCUT2D eigenvalue weighted by molar-refractivity contribution is 0.235. The van der Waals surface area contributed by atoms with Gasteiger partial charge in [-0.05, 0) is 6.07 Å². The van der Waals surface area contributed by atoms with Crippen molar-refractivity contribution in [2.75, 3.05) is 0 Å². The van der Waals surface area contributed by atoms with E-state index in [9.17, 15) is 0 Å². The molecule has 1 rings (SSSR count). The monoisotopic (exact) mass is 164 g/mol. The van der Waals surface area contributed by atoms with Crippen LogP contribution in [0.4, 0.5) is 0 Å². The second-order valence-corrected chi connectivity index (χ2v) is 1.82. The zero-order valence-corrected chi connectivity index (χ0v) is 7.23. The fraction of sp³-hybridized carbons (Fsp3) is 0.333. The summed E-state index contributed by atoms with van der Waals surface area (Å²) in [6.07, 6.45) is 2.01. The molecule has 0 saturated heterocycles. The van der Waals surface area contributed by atoms with Crippen molar-refractivity contribution < 1.29 is 5.11 Å². The minimum absolute atomic E-state index is 0.532. The van der Waals surface area contributed by atoms with Gasteiger partial charge in [0.2, 0.25) is 0 Å². The van der Waals surface area contributed by atoms with E-state index in [-0.39, 0.29) is 0 Å². The van der Waals surface area contributed by atoms with Crippen molar-refractivity contribution >= 4 is 0 Å². The van der Waals surface area contributed by atoms with Crippen LogP contribution in [0, 0.1) is 11.3 Å². The Morgan fingerprint density at radius 2 is 2.25 bits per heavy atom. The maximum Gasteiger partial charge on any atom is 0.167 e. The van der Waals surface area contributed by atoms with Gasteiger partial charge in [0.05, 0.1) is 6.07 Å². The summed E-state index contributed by atoms with van der Waals surface area (Å²) in [5.74, 6) is 0. The van der Waals surface area contributed by atoms with E-state index in [2.05, 4.69) is 4.98 Å². The van der Waals surface area contributed by atoms with E-state index in [0.717, 1.165) is 0 Å². The summed E-state index contributed by atoms with van der Waals surface area (Å²) in [6, 6.07) is 5.03. The standard InChI is InChI=1S/C7H6N2O.C2H6/c8-4-7(10)6-2-1-3-9-5-6;1-2/h1-3,5,7,10H;1-2H3. The highest BCUT2D eigenvalue weighted by atomic mass is 16.3. The fourth-order valence-electron chi connectivity index (χ4n) is 0.612. The normalized spacial score (nSPS) is 10.5. The Morgan fingerprint density at radius 3 is 2.67 bits per heavy atom. The molecular weight excluding hydrogens is 152 g/mol. The largest absolute Gasteiger partial charge is 0.374 e. The molecule has 3 heteroatoms. The van der Waals surface area contributed by atoms with Crippen LogP contribution in [-0.4, -0.2) is 10.1 Å². The highest BCUT2D eigenvalue weighted by Crippen LogP contribution is 2.07. The Labute approximate surface area is 72.3 Å². The molecule has 0 spiro atoms. The number of hydrogen-bond acceptors (Lipinski definition) is 3. The van der Waals surface area contributed by atoms with Gasteiger partial charge in [0.1, 0.15) is 0 Å². The molecule has 0 amide bonds. The van der Waals surface area contributed by atoms with Crippen LogP contribution in [0.1, 0.15) is 25.5 Å². The van der Waals surface area contributed by atoms with E-state index in [1.54, 1.807) is 24.4 Å². The Bertz CT molecular complexity index is 240. The Morgan fingerprint density at radius 1 is 1.58 bits per heavy atom. The van der Waals surface area contributed by atoms with Crippen molar-refractivity contribution in [2.45, 2.75) is 20.0 Å². The van der Waals surface area contributed by atoms with E-state index in [1.165, 1.54) is 6.20 Å². The van der Waals surface area contributed by atoms with Gasteiger partial charge in [-0.25, -0.2) is 0 Å². The van der Waals surface area contributed by atoms with Crippen molar-refractivity contribution in [3.8, 4) is 6.07 Å². The zero-order chi connectivity index (χ0) is 9.40. The van der Waals surface area contributed by atoms with Gasteiger partial charge in [0.25, 0.3) is 0 Å². The second kappa shape index (κ2) is 6.32. The molecule has 12 heavy (non-hydrogen) atoms. The third kappa shape index (κ3) is 3.13. The summed E-state index contributed by atoms with van der Waals surface area (Å²) >= 11 is 0. The minimum atomic E-state index is -1.05. The molecule has 3 nitrogen and oxygen atoms in total. The second-order valence-electron chi connectivity index (χ2n) is 1.82. The van der Waals surface area contributed by atoms with Gasteiger partial charge >= 0.3 is 0 Å². The molecule has 1 aromatic heterocycles. The number of nitriles is 1. The number of rotatable bonds is 1. The highest BCUT2D eigenvalue weighted by molar-refractivity contribution is 5.16. The van der Waals surface area contributed by atoms with Crippen molar-refractivity contribution in [3.05, 3.63) is 30.1 Å². The van der Waals surface area contributed by atoms with E-state index in [0.29, 0.717) is 5.56 Å². The van der Waals surface area contributed by atoms with Crippen LogP contribution in [0.25, 0.3) is 0 Å². The molecule has 0 saturated carbocycles. The Balaban J connectivity index is 0.000000561. The van der Waals surface area contributed by atoms with E-state index in [4.69, 9.17) is 10.4 Å². The summed E-state index contributed by atoms with van der Waals surface area (Å²) in [6.45, 7) is 4.00. The number of nitrogens with zero attached hydrogens (tertiary/aromatic N) is 2. The molecule has 1 unspecified atom stereocenters. The SMILES string of the molecule is CC.N#CC(O)c1cccnc1. The van der Waals surface area contributed by atoms with Crippen LogP contribution in [0.5, 0.6) is 0 Å². The van der Waals surface area contributed by atoms with Gasteiger partial charge in [0.15, 0.2) is 6.10 Å². The molecule has 0 aromatic carbocycles. The third-order valence-electron chi connectivity index (χ3n) is 1.12. The van der Waals surface area contributed by atoms with Crippen molar-refractivity contribution in [2.24, 2.45) is 0 Å². The first-order chi connectivity index (χ1) is 5.84. The molecule has 0 bridgehead atoms. The van der Waals surface area contributed by atoms with Gasteiger partial charge in [-0.2, -0.15) is 5.26 Å². The molecule has 1 N–H and O–H groups in total. The molecule has 0 aliphatic carbocycles. The molecule has 64 valence electrons. The summed E-state index contributed by atoms with van der Waals surface area (Å²) in [4.78, 5) is 3.74. The lowest BCUT2D eigenvalue weighted by atomic mass is 10.2. The topological polar surface area (TPSA) is 56.9 Å². The van der Waals surface area contributed by atoms with Crippen molar-refractivity contribution in [3.63, 3.8) is 0 Å². The van der Waals surface area contributed by atoms with Gasteiger partial charge in [-0.3, -0.25) is 4.98 Å². The van der Waals surface area contributed by atoms with E-state index < -0.39 is 6.10 Å². The first kappa shape index (κ1) is 10.6. The molecule has 0 aliphatic rings. The molecular formula is C9H12N2O. The summed E-state index contributed by atoms with van der Waals surface area (Å²) in [5.41, 5.74) is 0.532. The zero-order valence-electron chi connectivity index (χ0n) is 7.23. The van der Waals surface area contributed by atoms with Gasteiger partial charge in [-0.1, -0.05) is 19.9 Å². The van der Waals surface area contributed by atoms with Crippen molar-refractivity contribution in [1.82, 2.24) is 4.98 Å². The number of pyridine rings is 1. The number of aliphatic hydroxyl groups excluding tert-OH is 1.